The van der Waals surface area contributed by atoms with Crippen LogP contribution in [0.3, 0.4) is 0 Å². The number of anilines is 1. The van der Waals surface area contributed by atoms with Gasteiger partial charge in [-0.1, -0.05) is 25.7 Å². The molecule has 0 radical (unpaired) electrons. The lowest BCUT2D eigenvalue weighted by molar-refractivity contribution is -0.122. The van der Waals surface area contributed by atoms with Crippen LogP contribution in [0.15, 0.2) is 5.38 Å². The molecule has 0 aromatic carbocycles. The van der Waals surface area contributed by atoms with Gasteiger partial charge in [-0.25, -0.2) is 4.98 Å². The van der Waals surface area contributed by atoms with Crippen LogP contribution in [-0.4, -0.2) is 34.8 Å². The van der Waals surface area contributed by atoms with E-state index in [2.05, 4.69) is 20.9 Å². The van der Waals surface area contributed by atoms with E-state index in [-0.39, 0.29) is 30.2 Å². The molecule has 8 heteroatoms. The molecule has 3 rings (SSSR count). The number of aromatic nitrogens is 1. The summed E-state index contributed by atoms with van der Waals surface area (Å²) in [5.74, 6) is -0.372. The zero-order valence-corrected chi connectivity index (χ0v) is 15.0. The van der Waals surface area contributed by atoms with Gasteiger partial charge in [0.05, 0.1) is 12.1 Å². The van der Waals surface area contributed by atoms with E-state index in [4.69, 9.17) is 0 Å². The Morgan fingerprint density at radius 1 is 1.20 bits per heavy atom. The third kappa shape index (κ3) is 5.26. The molecule has 2 heterocycles. The van der Waals surface area contributed by atoms with Crippen molar-refractivity contribution in [3.63, 3.8) is 0 Å². The summed E-state index contributed by atoms with van der Waals surface area (Å²) in [6.07, 6.45) is 8.07. The third-order valence-electron chi connectivity index (χ3n) is 4.66. The van der Waals surface area contributed by atoms with Crippen molar-refractivity contribution >= 4 is 34.2 Å². The van der Waals surface area contributed by atoms with Crippen LogP contribution in [0.5, 0.6) is 0 Å². The van der Waals surface area contributed by atoms with E-state index >= 15 is 0 Å². The average Bonchev–Trinajstić information content (AvgIpc) is 3.11. The van der Waals surface area contributed by atoms with E-state index < -0.39 is 6.04 Å². The van der Waals surface area contributed by atoms with Gasteiger partial charge in [0.25, 0.3) is 0 Å². The number of nitrogens with one attached hydrogen (secondary N) is 3. The SMILES string of the molecule is O=C(Cc1csc(NC(=O)C2CCC(=O)N2)n1)NC1CCCCCC1. The van der Waals surface area contributed by atoms with Gasteiger partial charge < -0.3 is 16.0 Å². The lowest BCUT2D eigenvalue weighted by Gasteiger charge is -2.15. The van der Waals surface area contributed by atoms with Gasteiger partial charge in [0.2, 0.25) is 17.7 Å². The lowest BCUT2D eigenvalue weighted by Crippen LogP contribution is -2.37. The summed E-state index contributed by atoms with van der Waals surface area (Å²) in [5.41, 5.74) is 0.655. The molecule has 2 aliphatic rings. The van der Waals surface area contributed by atoms with Gasteiger partial charge in [-0.15, -0.1) is 11.3 Å². The minimum atomic E-state index is -0.488. The molecular weight excluding hydrogens is 340 g/mol. The fourth-order valence-corrected chi connectivity index (χ4v) is 4.03. The second-order valence-corrected chi connectivity index (χ2v) is 7.58. The molecule has 3 amide bonds. The first-order valence-electron chi connectivity index (χ1n) is 8.94. The monoisotopic (exact) mass is 364 g/mol. The van der Waals surface area contributed by atoms with Gasteiger partial charge in [0.15, 0.2) is 5.13 Å². The van der Waals surface area contributed by atoms with E-state index in [1.54, 1.807) is 5.38 Å². The highest BCUT2D eigenvalue weighted by Crippen LogP contribution is 2.19. The topological polar surface area (TPSA) is 100 Å². The summed E-state index contributed by atoms with van der Waals surface area (Å²) in [4.78, 5) is 39.7. The molecule has 3 N–H and O–H groups in total. The van der Waals surface area contributed by atoms with Gasteiger partial charge in [0, 0.05) is 17.8 Å². The number of thiazole rings is 1. The van der Waals surface area contributed by atoms with Crippen molar-refractivity contribution in [2.45, 2.75) is 69.9 Å². The summed E-state index contributed by atoms with van der Waals surface area (Å²) in [6.45, 7) is 0. The van der Waals surface area contributed by atoms with E-state index in [9.17, 15) is 14.4 Å². The van der Waals surface area contributed by atoms with E-state index in [0.717, 1.165) is 12.8 Å². The molecule has 0 spiro atoms. The molecule has 7 nitrogen and oxygen atoms in total. The molecule has 0 bridgehead atoms. The molecule has 2 fully saturated rings. The fourth-order valence-electron chi connectivity index (χ4n) is 3.32. The lowest BCUT2D eigenvalue weighted by atomic mass is 10.1. The molecular formula is C17H24N4O3S. The van der Waals surface area contributed by atoms with Crippen LogP contribution in [0.2, 0.25) is 0 Å². The van der Waals surface area contributed by atoms with Crippen molar-refractivity contribution in [3.05, 3.63) is 11.1 Å². The predicted molar refractivity (Wildman–Crippen MR) is 95.2 cm³/mol. The average molecular weight is 364 g/mol. The molecule has 136 valence electrons. The summed E-state index contributed by atoms with van der Waals surface area (Å²) in [5, 5.41) is 10.7. The quantitative estimate of drug-likeness (QED) is 0.693. The van der Waals surface area contributed by atoms with Crippen molar-refractivity contribution < 1.29 is 14.4 Å². The number of carbonyl (C=O) groups excluding carboxylic acids is 3. The van der Waals surface area contributed by atoms with Gasteiger partial charge in [-0.2, -0.15) is 0 Å². The maximum Gasteiger partial charge on any atom is 0.248 e. The number of amides is 3. The normalized spacial score (nSPS) is 21.4. The van der Waals surface area contributed by atoms with Gasteiger partial charge in [-0.05, 0) is 19.3 Å². The molecule has 1 saturated heterocycles. The van der Waals surface area contributed by atoms with Crippen LogP contribution in [0.1, 0.15) is 57.1 Å². The van der Waals surface area contributed by atoms with Crippen molar-refractivity contribution in [1.82, 2.24) is 15.6 Å². The second-order valence-electron chi connectivity index (χ2n) is 6.72. The number of hydrogen-bond donors (Lipinski definition) is 3. The Labute approximate surface area is 151 Å². The van der Waals surface area contributed by atoms with Crippen LogP contribution in [0, 0.1) is 0 Å². The Kier molecular flexibility index (Phi) is 6.01. The first-order chi connectivity index (χ1) is 12.1. The Morgan fingerprint density at radius 2 is 1.96 bits per heavy atom. The molecule has 1 aliphatic carbocycles. The Bertz CT molecular complexity index is 638. The van der Waals surface area contributed by atoms with Crippen LogP contribution in [0.25, 0.3) is 0 Å². The molecule has 1 atom stereocenters. The van der Waals surface area contributed by atoms with E-state index in [1.165, 1.54) is 37.0 Å². The minimum absolute atomic E-state index is 0.0156. The van der Waals surface area contributed by atoms with Crippen molar-refractivity contribution in [2.24, 2.45) is 0 Å². The zero-order chi connectivity index (χ0) is 17.6. The maximum atomic E-state index is 12.2. The van der Waals surface area contributed by atoms with Crippen LogP contribution in [-0.2, 0) is 20.8 Å². The number of nitrogens with zero attached hydrogens (tertiary/aromatic N) is 1. The zero-order valence-electron chi connectivity index (χ0n) is 14.2. The molecule has 1 unspecified atom stereocenters. The summed E-state index contributed by atoms with van der Waals surface area (Å²) in [7, 11) is 0. The summed E-state index contributed by atoms with van der Waals surface area (Å²) >= 11 is 1.29. The van der Waals surface area contributed by atoms with Crippen molar-refractivity contribution in [3.8, 4) is 0 Å². The highest BCUT2D eigenvalue weighted by molar-refractivity contribution is 7.13. The van der Waals surface area contributed by atoms with Crippen LogP contribution >= 0.6 is 11.3 Å². The second kappa shape index (κ2) is 8.42. The molecule has 1 saturated carbocycles. The first kappa shape index (κ1) is 17.8. The van der Waals surface area contributed by atoms with E-state index in [0.29, 0.717) is 23.7 Å². The Balaban J connectivity index is 1.46. The maximum absolute atomic E-state index is 12.2. The standard InChI is InChI=1S/C17H24N4O3S/c22-14-8-7-13(20-14)16(24)21-17-19-12(10-25-17)9-15(23)18-11-5-3-1-2-4-6-11/h10-11,13H,1-9H2,(H,18,23)(H,20,22)(H,19,21,24). The van der Waals surface area contributed by atoms with Crippen LogP contribution in [0.4, 0.5) is 5.13 Å². The minimum Gasteiger partial charge on any atom is -0.353 e. The highest BCUT2D eigenvalue weighted by atomic mass is 32.1. The Hall–Kier alpha value is -1.96. The predicted octanol–water partition coefficient (Wildman–Crippen LogP) is 1.74. The Morgan fingerprint density at radius 3 is 2.64 bits per heavy atom. The molecule has 1 aromatic rings. The number of carbonyl (C=O) groups is 3. The van der Waals surface area contributed by atoms with Crippen LogP contribution < -0.4 is 16.0 Å². The molecule has 1 aliphatic heterocycles. The summed E-state index contributed by atoms with van der Waals surface area (Å²) in [6, 6.07) is -0.211. The van der Waals surface area contributed by atoms with Gasteiger partial charge >= 0.3 is 0 Å². The fraction of sp³-hybridized carbons (Fsp3) is 0.647. The first-order valence-corrected chi connectivity index (χ1v) is 9.82. The highest BCUT2D eigenvalue weighted by Gasteiger charge is 2.27. The van der Waals surface area contributed by atoms with E-state index in [1.807, 2.05) is 0 Å². The van der Waals surface area contributed by atoms with Crippen molar-refractivity contribution in [2.75, 3.05) is 5.32 Å². The molecule has 25 heavy (non-hydrogen) atoms. The van der Waals surface area contributed by atoms with Gasteiger partial charge in [0.1, 0.15) is 6.04 Å². The summed E-state index contributed by atoms with van der Waals surface area (Å²) < 4.78 is 0. The third-order valence-corrected chi connectivity index (χ3v) is 5.46. The largest absolute Gasteiger partial charge is 0.353 e. The number of hydrogen-bond acceptors (Lipinski definition) is 5. The molecule has 1 aromatic heterocycles. The van der Waals surface area contributed by atoms with Crippen molar-refractivity contribution in [1.29, 1.82) is 0 Å². The number of rotatable bonds is 5. The van der Waals surface area contributed by atoms with Gasteiger partial charge in [-0.3, -0.25) is 14.4 Å². The smallest absolute Gasteiger partial charge is 0.248 e.